The van der Waals surface area contributed by atoms with Gasteiger partial charge in [-0.3, -0.25) is 20.2 Å². The second-order valence-corrected chi connectivity index (χ2v) is 5.90. The highest BCUT2D eigenvalue weighted by Gasteiger charge is 2.45. The third-order valence-electron chi connectivity index (χ3n) is 4.29. The van der Waals surface area contributed by atoms with Crippen LogP contribution in [0, 0.1) is 5.92 Å². The maximum atomic E-state index is 12.4. The van der Waals surface area contributed by atoms with Crippen LogP contribution in [0.5, 0.6) is 5.75 Å². The van der Waals surface area contributed by atoms with Crippen LogP contribution in [0.3, 0.4) is 0 Å². The van der Waals surface area contributed by atoms with Crippen molar-refractivity contribution in [3.8, 4) is 17.3 Å². The van der Waals surface area contributed by atoms with Crippen molar-refractivity contribution in [2.45, 2.75) is 12.3 Å². The average Bonchev–Trinajstić information content (AvgIpc) is 3.34. The van der Waals surface area contributed by atoms with Crippen molar-refractivity contribution < 1.29 is 9.53 Å². The van der Waals surface area contributed by atoms with Gasteiger partial charge < -0.3 is 4.74 Å². The Bertz CT molecular complexity index is 893. The molecule has 1 aliphatic carbocycles. The summed E-state index contributed by atoms with van der Waals surface area (Å²) in [6.45, 7) is 0. The van der Waals surface area contributed by atoms with Gasteiger partial charge in [-0.15, -0.1) is 5.10 Å². The zero-order valence-corrected chi connectivity index (χ0v) is 13.6. The number of rotatable bonds is 5. The van der Waals surface area contributed by atoms with Crippen molar-refractivity contribution in [2.75, 3.05) is 12.4 Å². The summed E-state index contributed by atoms with van der Waals surface area (Å²) in [6, 6.07) is 13.3. The Morgan fingerprint density at radius 3 is 2.88 bits per heavy atom. The smallest absolute Gasteiger partial charge is 0.249 e. The summed E-state index contributed by atoms with van der Waals surface area (Å²) >= 11 is 0. The predicted octanol–water partition coefficient (Wildman–Crippen LogP) is 2.62. The number of para-hydroxylation sites is 1. The van der Waals surface area contributed by atoms with E-state index in [9.17, 15) is 4.79 Å². The van der Waals surface area contributed by atoms with Crippen molar-refractivity contribution in [3.63, 3.8) is 0 Å². The van der Waals surface area contributed by atoms with E-state index in [0.717, 1.165) is 17.7 Å². The van der Waals surface area contributed by atoms with Crippen LogP contribution in [0.25, 0.3) is 11.5 Å². The first-order valence-corrected chi connectivity index (χ1v) is 8.04. The number of nitrogens with one attached hydrogen (secondary N) is 2. The first-order chi connectivity index (χ1) is 12.3. The number of aromatic amines is 1. The van der Waals surface area contributed by atoms with Gasteiger partial charge in [0.25, 0.3) is 0 Å². The van der Waals surface area contributed by atoms with E-state index in [0.29, 0.717) is 11.5 Å². The number of anilines is 1. The molecule has 2 atom stereocenters. The molecule has 0 aliphatic heterocycles. The standard InChI is InChI=1S/C18H17N5O2/c1-25-15-8-3-2-6-11(15)12-10-13(12)17(24)21-18-20-16(22-23-18)14-7-4-5-9-19-14/h2-9,12-13H,10H2,1H3,(H2,20,21,22,23,24)/t12-,13-/m1/s1. The van der Waals surface area contributed by atoms with Crippen LogP contribution >= 0.6 is 0 Å². The van der Waals surface area contributed by atoms with Crippen LogP contribution in [-0.4, -0.2) is 33.2 Å². The third kappa shape index (κ3) is 3.08. The van der Waals surface area contributed by atoms with Gasteiger partial charge in [-0.1, -0.05) is 24.3 Å². The van der Waals surface area contributed by atoms with E-state index in [1.54, 1.807) is 13.3 Å². The van der Waals surface area contributed by atoms with Gasteiger partial charge in [0.05, 0.1) is 7.11 Å². The molecule has 2 N–H and O–H groups in total. The molecule has 2 heterocycles. The lowest BCUT2D eigenvalue weighted by Gasteiger charge is -2.07. The van der Waals surface area contributed by atoms with Gasteiger partial charge in [0.15, 0.2) is 5.82 Å². The van der Waals surface area contributed by atoms with E-state index in [1.807, 2.05) is 42.5 Å². The largest absolute Gasteiger partial charge is 0.496 e. The molecule has 25 heavy (non-hydrogen) atoms. The normalized spacial score (nSPS) is 18.6. The molecular formula is C18H17N5O2. The average molecular weight is 335 g/mol. The summed E-state index contributed by atoms with van der Waals surface area (Å²) in [7, 11) is 1.64. The zero-order valence-electron chi connectivity index (χ0n) is 13.6. The molecule has 1 saturated carbocycles. The van der Waals surface area contributed by atoms with Crippen LogP contribution in [0.2, 0.25) is 0 Å². The SMILES string of the molecule is COc1ccccc1[C@H]1C[C@H]1C(=O)Nc1n[nH]c(-c2ccccn2)n1. The number of amides is 1. The number of methoxy groups -OCH3 is 1. The molecule has 0 radical (unpaired) electrons. The first-order valence-electron chi connectivity index (χ1n) is 8.04. The summed E-state index contributed by atoms with van der Waals surface area (Å²) in [6.07, 6.45) is 2.47. The Balaban J connectivity index is 1.43. The summed E-state index contributed by atoms with van der Waals surface area (Å²) in [4.78, 5) is 20.9. The van der Waals surface area contributed by atoms with Crippen LogP contribution in [0.4, 0.5) is 5.95 Å². The Morgan fingerprint density at radius 2 is 2.08 bits per heavy atom. The number of aromatic nitrogens is 4. The molecule has 4 rings (SSSR count). The minimum atomic E-state index is -0.0897. The molecule has 126 valence electrons. The number of nitrogens with zero attached hydrogens (tertiary/aromatic N) is 3. The van der Waals surface area contributed by atoms with Crippen LogP contribution in [-0.2, 0) is 4.79 Å². The number of hydrogen-bond acceptors (Lipinski definition) is 5. The van der Waals surface area contributed by atoms with E-state index >= 15 is 0 Å². The number of hydrogen-bond donors (Lipinski definition) is 2. The predicted molar refractivity (Wildman–Crippen MR) is 92.1 cm³/mol. The van der Waals surface area contributed by atoms with Crippen molar-refractivity contribution in [1.82, 2.24) is 20.2 Å². The second kappa shape index (κ2) is 6.35. The number of ether oxygens (including phenoxy) is 1. The second-order valence-electron chi connectivity index (χ2n) is 5.90. The summed E-state index contributed by atoms with van der Waals surface area (Å²) in [5.41, 5.74) is 1.74. The highest BCUT2D eigenvalue weighted by molar-refractivity contribution is 5.94. The Hall–Kier alpha value is -3.22. The van der Waals surface area contributed by atoms with E-state index < -0.39 is 0 Å². The van der Waals surface area contributed by atoms with Crippen molar-refractivity contribution in [3.05, 3.63) is 54.2 Å². The van der Waals surface area contributed by atoms with Crippen molar-refractivity contribution >= 4 is 11.9 Å². The number of benzene rings is 1. The highest BCUT2D eigenvalue weighted by atomic mass is 16.5. The fourth-order valence-corrected chi connectivity index (χ4v) is 2.94. The Kier molecular flexibility index (Phi) is 3.89. The third-order valence-corrected chi connectivity index (χ3v) is 4.29. The Labute approximate surface area is 144 Å². The number of pyridine rings is 1. The molecule has 3 aromatic rings. The summed E-state index contributed by atoms with van der Waals surface area (Å²) < 4.78 is 5.38. The fourth-order valence-electron chi connectivity index (χ4n) is 2.94. The lowest BCUT2D eigenvalue weighted by Crippen LogP contribution is -2.15. The number of carbonyl (C=O) groups is 1. The molecule has 1 fully saturated rings. The molecule has 7 nitrogen and oxygen atoms in total. The van der Waals surface area contributed by atoms with E-state index in [4.69, 9.17) is 4.74 Å². The molecule has 0 spiro atoms. The molecule has 7 heteroatoms. The molecule has 0 unspecified atom stereocenters. The highest BCUT2D eigenvalue weighted by Crippen LogP contribution is 2.50. The van der Waals surface area contributed by atoms with Gasteiger partial charge in [-0.2, -0.15) is 4.98 Å². The molecule has 1 aliphatic rings. The minimum Gasteiger partial charge on any atom is -0.496 e. The van der Waals surface area contributed by atoms with Gasteiger partial charge in [0.1, 0.15) is 11.4 Å². The molecule has 0 bridgehead atoms. The van der Waals surface area contributed by atoms with Crippen molar-refractivity contribution in [2.24, 2.45) is 5.92 Å². The fraction of sp³-hybridized carbons (Fsp3) is 0.222. The van der Waals surface area contributed by atoms with Gasteiger partial charge in [-0.05, 0) is 36.1 Å². The van der Waals surface area contributed by atoms with Crippen LogP contribution in [0.15, 0.2) is 48.7 Å². The van der Waals surface area contributed by atoms with Gasteiger partial charge in [-0.25, -0.2) is 0 Å². The maximum Gasteiger partial charge on any atom is 0.249 e. The monoisotopic (exact) mass is 335 g/mol. The molecule has 0 saturated heterocycles. The molecule has 2 aromatic heterocycles. The molecular weight excluding hydrogens is 318 g/mol. The minimum absolute atomic E-state index is 0.0810. The van der Waals surface area contributed by atoms with Gasteiger partial charge >= 0.3 is 0 Å². The van der Waals surface area contributed by atoms with Gasteiger partial charge in [0.2, 0.25) is 11.9 Å². The van der Waals surface area contributed by atoms with E-state index in [1.165, 1.54) is 0 Å². The number of carbonyl (C=O) groups excluding carboxylic acids is 1. The topological polar surface area (TPSA) is 92.8 Å². The number of H-pyrrole nitrogens is 1. The van der Waals surface area contributed by atoms with Crippen LogP contribution in [0.1, 0.15) is 17.9 Å². The lowest BCUT2D eigenvalue weighted by atomic mass is 10.1. The van der Waals surface area contributed by atoms with E-state index in [-0.39, 0.29) is 23.7 Å². The summed E-state index contributed by atoms with van der Waals surface area (Å²) in [5, 5.41) is 9.60. The molecule has 1 amide bonds. The lowest BCUT2D eigenvalue weighted by molar-refractivity contribution is -0.117. The Morgan fingerprint density at radius 1 is 1.24 bits per heavy atom. The van der Waals surface area contributed by atoms with E-state index in [2.05, 4.69) is 25.5 Å². The van der Waals surface area contributed by atoms with Crippen LogP contribution < -0.4 is 10.1 Å². The van der Waals surface area contributed by atoms with Gasteiger partial charge in [0, 0.05) is 12.1 Å². The summed E-state index contributed by atoms with van der Waals surface area (Å²) in [5.74, 6) is 1.60. The molecule has 1 aromatic carbocycles. The maximum absolute atomic E-state index is 12.4. The zero-order chi connectivity index (χ0) is 17.2. The quantitative estimate of drug-likeness (QED) is 0.747. The van der Waals surface area contributed by atoms with Crippen molar-refractivity contribution in [1.29, 1.82) is 0 Å². The first kappa shape index (κ1) is 15.3.